The third-order valence-corrected chi connectivity index (χ3v) is 2.58. The molecule has 4 heteroatoms. The average molecular weight is 220 g/mol. The summed E-state index contributed by atoms with van der Waals surface area (Å²) < 4.78 is 5.23. The van der Waals surface area contributed by atoms with Crippen molar-refractivity contribution in [2.24, 2.45) is 0 Å². The zero-order valence-corrected chi connectivity index (χ0v) is 9.11. The third-order valence-electron chi connectivity index (χ3n) is 2.58. The summed E-state index contributed by atoms with van der Waals surface area (Å²) in [5, 5.41) is 0. The molecule has 0 aromatic heterocycles. The van der Waals surface area contributed by atoms with E-state index in [0.717, 1.165) is 24.9 Å². The van der Waals surface area contributed by atoms with Gasteiger partial charge in [-0.3, -0.25) is 10.2 Å². The Labute approximate surface area is 95.0 Å². The molecule has 1 aliphatic heterocycles. The summed E-state index contributed by atoms with van der Waals surface area (Å²) in [4.78, 5) is 11.6. The van der Waals surface area contributed by atoms with E-state index in [0.29, 0.717) is 6.61 Å². The number of benzene rings is 1. The Balaban J connectivity index is 1.79. The van der Waals surface area contributed by atoms with Crippen molar-refractivity contribution in [3.63, 3.8) is 0 Å². The molecule has 1 aromatic rings. The lowest BCUT2D eigenvalue weighted by Gasteiger charge is -2.22. The molecule has 1 atom stereocenters. The molecule has 2 rings (SSSR count). The van der Waals surface area contributed by atoms with Gasteiger partial charge in [-0.2, -0.15) is 0 Å². The van der Waals surface area contributed by atoms with Gasteiger partial charge >= 0.3 is 5.97 Å². The fourth-order valence-corrected chi connectivity index (χ4v) is 1.67. The first-order valence-corrected chi connectivity index (χ1v) is 5.55. The van der Waals surface area contributed by atoms with Gasteiger partial charge in [0.2, 0.25) is 0 Å². The molecule has 16 heavy (non-hydrogen) atoms. The lowest BCUT2D eigenvalue weighted by atomic mass is 10.1. The Morgan fingerprint density at radius 2 is 2.19 bits per heavy atom. The average Bonchev–Trinajstić information content (AvgIpc) is 2.38. The number of nitrogens with one attached hydrogen (secondary N) is 2. The van der Waals surface area contributed by atoms with Gasteiger partial charge in [0.15, 0.2) is 0 Å². The second-order valence-corrected chi connectivity index (χ2v) is 3.86. The Hall–Kier alpha value is -1.39. The zero-order valence-electron chi connectivity index (χ0n) is 9.11. The maximum absolute atomic E-state index is 11.6. The van der Waals surface area contributed by atoms with Crippen molar-refractivity contribution in [1.29, 1.82) is 0 Å². The molecular formula is C12H16N2O2. The Bertz CT molecular complexity index is 334. The Kier molecular flexibility index (Phi) is 3.91. The largest absolute Gasteiger partial charge is 0.460 e. The number of hydrazine groups is 1. The van der Waals surface area contributed by atoms with Crippen LogP contribution < -0.4 is 10.9 Å². The van der Waals surface area contributed by atoms with Crippen LogP contribution in [-0.4, -0.2) is 18.6 Å². The highest BCUT2D eigenvalue weighted by Crippen LogP contribution is 2.06. The van der Waals surface area contributed by atoms with Crippen molar-refractivity contribution in [3.05, 3.63) is 35.9 Å². The predicted octanol–water partition coefficient (Wildman–Crippen LogP) is 0.986. The van der Waals surface area contributed by atoms with E-state index in [1.165, 1.54) is 0 Å². The van der Waals surface area contributed by atoms with Crippen LogP contribution in [0, 0.1) is 0 Å². The molecule has 1 aromatic carbocycles. The number of hydrogen-bond acceptors (Lipinski definition) is 4. The van der Waals surface area contributed by atoms with Gasteiger partial charge in [-0.15, -0.1) is 0 Å². The summed E-state index contributed by atoms with van der Waals surface area (Å²) in [6.07, 6.45) is 1.83. The smallest absolute Gasteiger partial charge is 0.324 e. The molecule has 4 nitrogen and oxygen atoms in total. The lowest BCUT2D eigenvalue weighted by molar-refractivity contribution is -0.148. The Morgan fingerprint density at radius 1 is 1.38 bits per heavy atom. The first-order chi connectivity index (χ1) is 7.86. The maximum Gasteiger partial charge on any atom is 0.324 e. The number of esters is 1. The predicted molar refractivity (Wildman–Crippen MR) is 60.4 cm³/mol. The number of ether oxygens (including phenoxy) is 1. The van der Waals surface area contributed by atoms with E-state index < -0.39 is 0 Å². The number of hydrogen-bond donors (Lipinski definition) is 2. The quantitative estimate of drug-likeness (QED) is 0.746. The van der Waals surface area contributed by atoms with Gasteiger partial charge in [0.25, 0.3) is 0 Å². The topological polar surface area (TPSA) is 50.4 Å². The summed E-state index contributed by atoms with van der Waals surface area (Å²) in [6, 6.07) is 9.49. The molecule has 1 aliphatic rings. The molecule has 1 fully saturated rings. The zero-order chi connectivity index (χ0) is 11.2. The molecule has 0 radical (unpaired) electrons. The normalized spacial score (nSPS) is 20.4. The first-order valence-electron chi connectivity index (χ1n) is 5.55. The maximum atomic E-state index is 11.6. The standard InChI is InChI=1S/C12H16N2O2/c15-12(11-7-4-8-13-14-11)16-9-10-5-2-1-3-6-10/h1-3,5-6,11,13-14H,4,7-9H2/t11-/m0/s1. The third kappa shape index (κ3) is 3.05. The monoisotopic (exact) mass is 220 g/mol. The fourth-order valence-electron chi connectivity index (χ4n) is 1.67. The van der Waals surface area contributed by atoms with E-state index in [9.17, 15) is 4.79 Å². The SMILES string of the molecule is O=C(OCc1ccccc1)[C@@H]1CCCNN1. The van der Waals surface area contributed by atoms with Gasteiger partial charge in [-0.05, 0) is 18.4 Å². The molecule has 0 bridgehead atoms. The van der Waals surface area contributed by atoms with Crippen molar-refractivity contribution in [3.8, 4) is 0 Å². The van der Waals surface area contributed by atoms with E-state index in [2.05, 4.69) is 10.9 Å². The molecule has 0 aliphatic carbocycles. The molecular weight excluding hydrogens is 204 g/mol. The molecule has 0 saturated carbocycles. The van der Waals surface area contributed by atoms with Gasteiger partial charge in [-0.1, -0.05) is 30.3 Å². The van der Waals surface area contributed by atoms with E-state index in [4.69, 9.17) is 4.74 Å². The molecule has 86 valence electrons. The second kappa shape index (κ2) is 5.63. The van der Waals surface area contributed by atoms with Gasteiger partial charge in [0, 0.05) is 6.54 Å². The van der Waals surface area contributed by atoms with Crippen LogP contribution in [0.2, 0.25) is 0 Å². The molecule has 1 saturated heterocycles. The highest BCUT2D eigenvalue weighted by molar-refractivity contribution is 5.75. The lowest BCUT2D eigenvalue weighted by Crippen LogP contribution is -2.50. The number of carbonyl (C=O) groups excluding carboxylic acids is 1. The van der Waals surface area contributed by atoms with Crippen molar-refractivity contribution >= 4 is 5.97 Å². The van der Waals surface area contributed by atoms with Crippen LogP contribution in [-0.2, 0) is 16.1 Å². The molecule has 1 heterocycles. The van der Waals surface area contributed by atoms with Gasteiger partial charge in [-0.25, -0.2) is 5.43 Å². The fraction of sp³-hybridized carbons (Fsp3) is 0.417. The van der Waals surface area contributed by atoms with Crippen LogP contribution in [0.25, 0.3) is 0 Å². The summed E-state index contributed by atoms with van der Waals surface area (Å²) in [7, 11) is 0. The second-order valence-electron chi connectivity index (χ2n) is 3.86. The summed E-state index contributed by atoms with van der Waals surface area (Å²) in [6.45, 7) is 1.25. The Morgan fingerprint density at radius 3 is 2.88 bits per heavy atom. The van der Waals surface area contributed by atoms with Gasteiger partial charge < -0.3 is 4.74 Å². The van der Waals surface area contributed by atoms with Gasteiger partial charge in [0.1, 0.15) is 12.6 Å². The highest BCUT2D eigenvalue weighted by Gasteiger charge is 2.21. The summed E-state index contributed by atoms with van der Waals surface area (Å²) in [5.74, 6) is -0.184. The van der Waals surface area contributed by atoms with E-state index in [1.54, 1.807) is 0 Å². The van der Waals surface area contributed by atoms with E-state index in [1.807, 2.05) is 30.3 Å². The first kappa shape index (κ1) is 11.1. The molecule has 2 N–H and O–H groups in total. The van der Waals surface area contributed by atoms with Crippen molar-refractivity contribution in [2.75, 3.05) is 6.54 Å². The van der Waals surface area contributed by atoms with Crippen LogP contribution >= 0.6 is 0 Å². The number of rotatable bonds is 3. The van der Waals surface area contributed by atoms with Crippen LogP contribution in [0.1, 0.15) is 18.4 Å². The van der Waals surface area contributed by atoms with Crippen LogP contribution in [0.5, 0.6) is 0 Å². The number of carbonyl (C=O) groups is 1. The minimum atomic E-state index is -0.211. The molecule has 0 amide bonds. The van der Waals surface area contributed by atoms with E-state index >= 15 is 0 Å². The minimum Gasteiger partial charge on any atom is -0.460 e. The minimum absolute atomic E-state index is 0.184. The van der Waals surface area contributed by atoms with Crippen LogP contribution in [0.4, 0.5) is 0 Å². The van der Waals surface area contributed by atoms with Crippen molar-refractivity contribution in [2.45, 2.75) is 25.5 Å². The van der Waals surface area contributed by atoms with Crippen LogP contribution in [0.15, 0.2) is 30.3 Å². The summed E-state index contributed by atoms with van der Waals surface area (Å²) >= 11 is 0. The highest BCUT2D eigenvalue weighted by atomic mass is 16.5. The van der Waals surface area contributed by atoms with Gasteiger partial charge in [0.05, 0.1) is 0 Å². The van der Waals surface area contributed by atoms with E-state index in [-0.39, 0.29) is 12.0 Å². The summed E-state index contributed by atoms with van der Waals surface area (Å²) in [5.41, 5.74) is 6.91. The van der Waals surface area contributed by atoms with Crippen molar-refractivity contribution < 1.29 is 9.53 Å². The molecule has 0 unspecified atom stereocenters. The van der Waals surface area contributed by atoms with Crippen molar-refractivity contribution in [1.82, 2.24) is 10.9 Å². The molecule has 0 spiro atoms. The van der Waals surface area contributed by atoms with Crippen LogP contribution in [0.3, 0.4) is 0 Å².